The summed E-state index contributed by atoms with van der Waals surface area (Å²) in [5.74, 6) is -0.296. The lowest BCUT2D eigenvalue weighted by molar-refractivity contribution is -0.215. The maximum absolute atomic E-state index is 14.3. The molecule has 0 N–H and O–H groups in total. The number of para-hydroxylation sites is 1. The number of rotatable bonds is 14. The molecule has 1 saturated carbocycles. The topological polar surface area (TPSA) is 77.4 Å². The highest BCUT2D eigenvalue weighted by Crippen LogP contribution is 2.40. The molecule has 0 amide bonds. The van der Waals surface area contributed by atoms with Crippen LogP contribution in [0.4, 0.5) is 0 Å². The van der Waals surface area contributed by atoms with E-state index in [0.29, 0.717) is 0 Å². The van der Waals surface area contributed by atoms with Gasteiger partial charge in [0.25, 0.3) is 0 Å². The quantitative estimate of drug-likeness (QED) is 0.140. The predicted octanol–water partition coefficient (Wildman–Crippen LogP) is 8.89. The van der Waals surface area contributed by atoms with Gasteiger partial charge in [-0.1, -0.05) is 37.8 Å². The lowest BCUT2D eigenvalue weighted by Gasteiger charge is -2.55. The van der Waals surface area contributed by atoms with Crippen molar-refractivity contribution < 1.29 is 31.7 Å². The summed E-state index contributed by atoms with van der Waals surface area (Å²) in [6, 6.07) is 8.36. The Bertz CT molecular complexity index is 1350. The number of carbonyl (C=O) groups is 1. The summed E-state index contributed by atoms with van der Waals surface area (Å²) in [6.07, 6.45) is -0.944. The number of esters is 1. The van der Waals surface area contributed by atoms with Crippen molar-refractivity contribution >= 4 is 66.7 Å². The van der Waals surface area contributed by atoms with Gasteiger partial charge < -0.3 is 31.1 Å². The molecule has 48 heavy (non-hydrogen) atoms. The molecule has 0 saturated heterocycles. The molecule has 1 heterocycles. The minimum atomic E-state index is -2.20. The van der Waals surface area contributed by atoms with Crippen LogP contribution in [0.1, 0.15) is 5.56 Å². The van der Waals surface area contributed by atoms with E-state index in [1.54, 1.807) is 0 Å². The molecule has 0 bridgehead atoms. The zero-order valence-electron chi connectivity index (χ0n) is 33.4. The molecule has 0 spiro atoms. The third kappa shape index (κ3) is 12.2. The number of aromatic nitrogens is 1. The van der Waals surface area contributed by atoms with Crippen molar-refractivity contribution in [3.8, 4) is 0 Å². The highest BCUT2D eigenvalue weighted by molar-refractivity contribution is 6.75. The molecule has 1 aliphatic rings. The van der Waals surface area contributed by atoms with Gasteiger partial charge in [-0.15, -0.1) is 0 Å². The van der Waals surface area contributed by atoms with Crippen LogP contribution in [0, 0.1) is 0 Å². The van der Waals surface area contributed by atoms with Crippen LogP contribution in [0.3, 0.4) is 0 Å². The molecule has 2 unspecified atom stereocenters. The summed E-state index contributed by atoms with van der Waals surface area (Å²) in [4.78, 5) is 14.3. The Morgan fingerprint density at radius 1 is 0.542 bits per heavy atom. The van der Waals surface area contributed by atoms with E-state index in [1.165, 1.54) is 0 Å². The molecule has 1 fully saturated rings. The van der Waals surface area contributed by atoms with Gasteiger partial charge in [0.1, 0.15) is 30.5 Å². The highest BCUT2D eigenvalue weighted by atomic mass is 28.4. The molecule has 0 radical (unpaired) electrons. The summed E-state index contributed by atoms with van der Waals surface area (Å²) in [7, 11) is -12.6. The first-order valence-electron chi connectivity index (χ1n) is 17.6. The van der Waals surface area contributed by atoms with Crippen LogP contribution in [-0.2, 0) is 38.1 Å². The van der Waals surface area contributed by atoms with E-state index < -0.39 is 86.4 Å². The number of nitrogens with zero attached hydrogens (tertiary/aromatic N) is 1. The molecule has 2 aromatic rings. The first-order valence-corrected chi connectivity index (χ1v) is 38.1. The van der Waals surface area contributed by atoms with Crippen LogP contribution in [-0.4, -0.2) is 96.6 Å². The summed E-state index contributed by atoms with van der Waals surface area (Å²) in [5, 5.41) is 1.09. The van der Waals surface area contributed by atoms with Gasteiger partial charge in [-0.3, -0.25) is 4.79 Å². The Morgan fingerprint density at radius 2 is 0.875 bits per heavy atom. The fourth-order valence-electron chi connectivity index (χ4n) is 6.26. The summed E-state index contributed by atoms with van der Waals surface area (Å²) in [5.41, 5.74) is 2.14. The van der Waals surface area contributed by atoms with Crippen LogP contribution < -0.4 is 0 Å². The molecular formula is C34H67NO7Si6. The molecule has 6 atom stereocenters. The average Bonchev–Trinajstić information content (AvgIpc) is 3.21. The van der Waals surface area contributed by atoms with E-state index in [9.17, 15) is 4.79 Å². The van der Waals surface area contributed by atoms with E-state index in [4.69, 9.17) is 26.9 Å². The highest BCUT2D eigenvalue weighted by Gasteiger charge is 2.59. The monoisotopic (exact) mass is 769 g/mol. The number of benzene rings is 1. The van der Waals surface area contributed by atoms with Gasteiger partial charge in [-0.25, -0.2) is 0 Å². The maximum atomic E-state index is 14.3. The molecule has 1 aromatic carbocycles. The predicted molar refractivity (Wildman–Crippen MR) is 215 cm³/mol. The Balaban J connectivity index is 2.23. The number of fused-ring (bicyclic) bond motifs is 1. The Kier molecular flexibility index (Phi) is 12.8. The number of hydrogen-bond acceptors (Lipinski definition) is 7. The number of carbonyl (C=O) groups excluding carboxylic acids is 1. The largest absolute Gasteiger partial charge is 0.456 e. The molecule has 0 aliphatic heterocycles. The van der Waals surface area contributed by atoms with Crippen LogP contribution in [0.5, 0.6) is 0 Å². The third-order valence-electron chi connectivity index (χ3n) is 7.51. The smallest absolute Gasteiger partial charge is 0.310 e. The summed E-state index contributed by atoms with van der Waals surface area (Å²) in [6.45, 7) is 39.8. The van der Waals surface area contributed by atoms with Gasteiger partial charge in [0, 0.05) is 10.9 Å². The first kappa shape index (κ1) is 41.7. The van der Waals surface area contributed by atoms with Crippen LogP contribution in [0.2, 0.25) is 118 Å². The Morgan fingerprint density at radius 3 is 1.21 bits per heavy atom. The van der Waals surface area contributed by atoms with Crippen LogP contribution in [0.15, 0.2) is 30.5 Å². The SMILES string of the molecule is C[Si](C)(C)OC1[C@@H](O[Si](C)(C)C)[C@H](O[Si](C)(C)C)C(OC(=O)Cc2cn([Si](C)(C)C)c3ccccc23)[C@H](O[Si](C)(C)C)[C@H]1O[Si](C)(C)C. The average molecular weight is 770 g/mol. The van der Waals surface area contributed by atoms with Gasteiger partial charge in [0.15, 0.2) is 55.9 Å². The van der Waals surface area contributed by atoms with Crippen molar-refractivity contribution in [1.82, 2.24) is 4.23 Å². The van der Waals surface area contributed by atoms with Crippen molar-refractivity contribution in [2.24, 2.45) is 0 Å². The number of ether oxygens (including phenoxy) is 1. The lowest BCUT2D eigenvalue weighted by atomic mass is 9.84. The standard InChI is InChI=1S/C34H67NO7Si6/c1-43(2,3)35-24-25(26-21-19-20-22-27(26)35)23-28(36)37-29-30(38-44(4,5)6)32(40-46(10,11)12)34(42-48(16,17)18)33(41-47(13,14)15)31(29)39-45(7,8)9/h19-22,24,29-34H,23H2,1-18H3/t29?,30-,31+,32+,33-,34?. The molecular weight excluding hydrogens is 703 g/mol. The zero-order valence-corrected chi connectivity index (χ0v) is 39.4. The third-order valence-corrected chi connectivity index (χ3v) is 14.2. The van der Waals surface area contributed by atoms with Crippen molar-refractivity contribution in [2.45, 2.75) is 161 Å². The van der Waals surface area contributed by atoms with Gasteiger partial charge in [-0.2, -0.15) is 0 Å². The van der Waals surface area contributed by atoms with Crippen LogP contribution >= 0.6 is 0 Å². The molecule has 1 aromatic heterocycles. The van der Waals surface area contributed by atoms with Crippen molar-refractivity contribution in [2.75, 3.05) is 0 Å². The second kappa shape index (κ2) is 14.8. The van der Waals surface area contributed by atoms with E-state index in [0.717, 1.165) is 16.5 Å². The van der Waals surface area contributed by atoms with Gasteiger partial charge in [0.05, 0.1) is 6.42 Å². The molecule has 3 rings (SSSR count). The van der Waals surface area contributed by atoms with E-state index in [-0.39, 0.29) is 12.4 Å². The summed E-state index contributed by atoms with van der Waals surface area (Å²) < 4.78 is 44.5. The fourth-order valence-corrected chi connectivity index (χ4v) is 13.1. The minimum absolute atomic E-state index is 0.155. The van der Waals surface area contributed by atoms with E-state index in [2.05, 4.69) is 146 Å². The second-order valence-corrected chi connectivity index (χ2v) is 46.4. The molecule has 14 heteroatoms. The zero-order chi connectivity index (χ0) is 36.8. The Hall–Kier alpha value is -0.669. The van der Waals surface area contributed by atoms with Crippen molar-refractivity contribution in [3.63, 3.8) is 0 Å². The van der Waals surface area contributed by atoms with Crippen molar-refractivity contribution in [3.05, 3.63) is 36.0 Å². The van der Waals surface area contributed by atoms with E-state index >= 15 is 0 Å². The van der Waals surface area contributed by atoms with E-state index in [1.807, 2.05) is 6.07 Å². The lowest BCUT2D eigenvalue weighted by Crippen LogP contribution is -2.72. The fraction of sp³-hybridized carbons (Fsp3) is 0.735. The van der Waals surface area contributed by atoms with Gasteiger partial charge in [0.2, 0.25) is 0 Å². The molecule has 1 aliphatic carbocycles. The summed E-state index contributed by atoms with van der Waals surface area (Å²) >= 11 is 0. The Labute approximate surface area is 298 Å². The molecule has 8 nitrogen and oxygen atoms in total. The maximum Gasteiger partial charge on any atom is 0.310 e. The second-order valence-electron chi connectivity index (χ2n) is 19.3. The minimum Gasteiger partial charge on any atom is -0.456 e. The van der Waals surface area contributed by atoms with Crippen LogP contribution in [0.25, 0.3) is 10.9 Å². The first-order chi connectivity index (χ1) is 21.4. The van der Waals surface area contributed by atoms with Gasteiger partial charge >= 0.3 is 5.97 Å². The van der Waals surface area contributed by atoms with Gasteiger partial charge in [-0.05, 0) is 116 Å². The molecule has 274 valence electrons. The number of hydrogen-bond donors (Lipinski definition) is 0. The normalized spacial score (nSPS) is 25.0. The van der Waals surface area contributed by atoms with Crippen molar-refractivity contribution in [1.29, 1.82) is 0 Å².